The van der Waals surface area contributed by atoms with Gasteiger partial charge in [0.2, 0.25) is 0 Å². The van der Waals surface area contributed by atoms with Gasteiger partial charge in [-0.3, -0.25) is 14.3 Å². The molecule has 0 amide bonds. The molecule has 0 bridgehead atoms. The Morgan fingerprint density at radius 1 is 0.594 bits per heavy atom. The molecule has 0 aromatic heterocycles. The molecule has 0 aromatic carbocycles. The molecule has 0 aliphatic heterocycles. The van der Waals surface area contributed by atoms with E-state index in [-0.39, 0.29) is 0 Å². The van der Waals surface area contributed by atoms with E-state index in [4.69, 9.17) is 0 Å². The van der Waals surface area contributed by atoms with Crippen molar-refractivity contribution >= 4 is 11.6 Å². The van der Waals surface area contributed by atoms with Gasteiger partial charge in [0.15, 0.2) is 6.67 Å². The van der Waals surface area contributed by atoms with Crippen LogP contribution in [0, 0.1) is 0 Å². The minimum Gasteiger partial charge on any atom is -0.285 e. The summed E-state index contributed by atoms with van der Waals surface area (Å²) >= 11 is 0. The molecule has 0 saturated heterocycles. The average molecular weight is 524 g/mol. The van der Waals surface area contributed by atoms with Gasteiger partial charge in [0.25, 0.3) is 11.6 Å². The lowest BCUT2D eigenvalue weighted by molar-refractivity contribution is -0.473. The van der Waals surface area contributed by atoms with Crippen LogP contribution >= 0.6 is 0 Å². The van der Waals surface area contributed by atoms with Crippen molar-refractivity contribution in [1.82, 2.24) is 0 Å². The van der Waals surface area contributed by atoms with Crippen molar-refractivity contribution in [1.29, 1.82) is 0 Å². The fourth-order valence-electron chi connectivity index (χ4n) is 1.39. The predicted molar refractivity (Wildman–Crippen MR) is 57.8 cm³/mol. The Bertz CT molecular complexity index is 733. The van der Waals surface area contributed by atoms with Crippen molar-refractivity contribution in [2.45, 2.75) is 48.0 Å². The van der Waals surface area contributed by atoms with Crippen molar-refractivity contribution in [2.75, 3.05) is 6.67 Å². The second-order valence-corrected chi connectivity index (χ2v) is 5.43. The van der Waals surface area contributed by atoms with Gasteiger partial charge in [0.05, 0.1) is 0 Å². The monoisotopic (exact) mass is 524 g/mol. The summed E-state index contributed by atoms with van der Waals surface area (Å²) in [6.45, 7) is -3.72. The van der Waals surface area contributed by atoms with Crippen molar-refractivity contribution in [3.8, 4) is 0 Å². The zero-order valence-electron chi connectivity index (χ0n) is 13.7. The number of ketones is 2. The van der Waals surface area contributed by atoms with E-state index in [0.717, 1.165) is 0 Å². The molecule has 0 heterocycles. The van der Waals surface area contributed by atoms with Crippen LogP contribution in [0.1, 0.15) is 0 Å². The van der Waals surface area contributed by atoms with E-state index in [1.165, 1.54) is 4.74 Å². The third kappa shape index (κ3) is 4.56. The second kappa shape index (κ2) is 7.82. The average Bonchev–Trinajstić information content (AvgIpc) is 2.57. The van der Waals surface area contributed by atoms with Gasteiger partial charge in [-0.1, -0.05) is 0 Å². The van der Waals surface area contributed by atoms with Crippen LogP contribution in [0.4, 0.5) is 79.0 Å². The minimum atomic E-state index is -7.89. The summed E-state index contributed by atoms with van der Waals surface area (Å²) < 4.78 is 229. The molecule has 3 nitrogen and oxygen atoms in total. The summed E-state index contributed by atoms with van der Waals surface area (Å²) in [6, 6.07) is 0. The van der Waals surface area contributed by atoms with Crippen molar-refractivity contribution in [3.05, 3.63) is 0 Å². The maximum absolute atomic E-state index is 13.7. The van der Waals surface area contributed by atoms with Crippen LogP contribution in [-0.4, -0.2) is 66.2 Å². The van der Waals surface area contributed by atoms with Crippen LogP contribution < -0.4 is 0 Å². The van der Waals surface area contributed by atoms with Crippen LogP contribution in [0.2, 0.25) is 0 Å². The highest BCUT2D eigenvalue weighted by atomic mass is 19.4. The van der Waals surface area contributed by atoms with E-state index in [1.807, 2.05) is 0 Å². The van der Waals surface area contributed by atoms with E-state index >= 15 is 0 Å². The van der Waals surface area contributed by atoms with Crippen molar-refractivity contribution in [3.63, 3.8) is 0 Å². The first-order valence-electron chi connectivity index (χ1n) is 6.65. The quantitative estimate of drug-likeness (QED) is 0.314. The standard InChI is InChI=1S/C11H2F18O3/c12-1-4(13,14)6(17,18)2(30)5(15,16)3(31)7(19,9(22,23)24)32-11(28,29)8(20,21)10(25,26)27/h1H2/t7-/m1/s1. The van der Waals surface area contributed by atoms with Crippen LogP contribution in [0.5, 0.6) is 0 Å². The van der Waals surface area contributed by atoms with Gasteiger partial charge in [0.1, 0.15) is 0 Å². The van der Waals surface area contributed by atoms with E-state index in [2.05, 4.69) is 0 Å². The molecular weight excluding hydrogens is 522 g/mol. The third-order valence-electron chi connectivity index (χ3n) is 3.13. The number of hydrogen-bond donors (Lipinski definition) is 0. The molecule has 190 valence electrons. The Kier molecular flexibility index (Phi) is 7.34. The van der Waals surface area contributed by atoms with Gasteiger partial charge in [-0.2, -0.15) is 74.6 Å². The topological polar surface area (TPSA) is 43.4 Å². The Balaban J connectivity index is 6.67. The molecule has 0 radical (unpaired) electrons. The van der Waals surface area contributed by atoms with Gasteiger partial charge in [-0.15, -0.1) is 0 Å². The molecule has 0 aromatic rings. The molecule has 0 aliphatic rings. The van der Waals surface area contributed by atoms with Gasteiger partial charge >= 0.3 is 48.0 Å². The SMILES string of the molecule is O=C(C(F)(F)C(=O)[C@@](F)(OC(F)(F)C(F)(F)C(F)(F)F)C(F)(F)F)C(F)(F)C(F)(F)CF. The van der Waals surface area contributed by atoms with E-state index in [1.54, 1.807) is 0 Å². The zero-order chi connectivity index (χ0) is 26.6. The van der Waals surface area contributed by atoms with Gasteiger partial charge < -0.3 is 0 Å². The van der Waals surface area contributed by atoms with Crippen molar-refractivity contribution in [2.24, 2.45) is 0 Å². The number of rotatable bonds is 9. The number of hydrogen-bond acceptors (Lipinski definition) is 3. The maximum Gasteiger partial charge on any atom is 0.462 e. The molecule has 0 N–H and O–H groups in total. The molecule has 0 spiro atoms. The van der Waals surface area contributed by atoms with Crippen LogP contribution in [0.25, 0.3) is 0 Å². The summed E-state index contributed by atoms with van der Waals surface area (Å²) in [4.78, 5) is 21.7. The summed E-state index contributed by atoms with van der Waals surface area (Å²) in [5.74, 6) is -47.3. The Morgan fingerprint density at radius 2 is 0.969 bits per heavy atom. The zero-order valence-corrected chi connectivity index (χ0v) is 13.7. The molecule has 32 heavy (non-hydrogen) atoms. The lowest BCUT2D eigenvalue weighted by atomic mass is 9.95. The van der Waals surface area contributed by atoms with Crippen LogP contribution in [-0.2, 0) is 14.3 Å². The molecular formula is C11H2F18O3. The lowest BCUT2D eigenvalue weighted by Crippen LogP contribution is -2.67. The van der Waals surface area contributed by atoms with E-state index in [9.17, 15) is 88.6 Å². The number of ether oxygens (including phenoxy) is 1. The molecule has 0 aliphatic carbocycles. The molecule has 0 unspecified atom stereocenters. The highest BCUT2D eigenvalue weighted by molar-refractivity contribution is 6.14. The van der Waals surface area contributed by atoms with Crippen LogP contribution in [0.15, 0.2) is 0 Å². The Morgan fingerprint density at radius 3 is 1.25 bits per heavy atom. The van der Waals surface area contributed by atoms with E-state index < -0.39 is 66.2 Å². The van der Waals surface area contributed by atoms with Gasteiger partial charge in [-0.25, -0.2) is 4.39 Å². The number of Topliss-reactive ketones (excluding diaryl/α,β-unsaturated/α-hetero) is 2. The number of carbonyl (C=O) groups excluding carboxylic acids is 2. The Labute approximate surface area is 161 Å². The first kappa shape index (κ1) is 30.0. The Hall–Kier alpha value is -1.96. The highest BCUT2D eigenvalue weighted by Crippen LogP contribution is 2.52. The first-order valence-corrected chi connectivity index (χ1v) is 6.65. The predicted octanol–water partition coefficient (Wildman–Crippen LogP) is 5.04. The minimum absolute atomic E-state index is 1.32. The fraction of sp³-hybridized carbons (Fsp3) is 0.818. The molecule has 1 atom stereocenters. The molecule has 0 rings (SSSR count). The van der Waals surface area contributed by atoms with E-state index in [0.29, 0.717) is 0 Å². The smallest absolute Gasteiger partial charge is 0.285 e. The highest BCUT2D eigenvalue weighted by Gasteiger charge is 2.83. The number of halogens is 18. The second-order valence-electron chi connectivity index (χ2n) is 5.43. The first-order chi connectivity index (χ1) is 13.6. The summed E-state index contributed by atoms with van der Waals surface area (Å²) in [5, 5.41) is 0. The fourth-order valence-corrected chi connectivity index (χ4v) is 1.39. The molecule has 0 saturated carbocycles. The van der Waals surface area contributed by atoms with Gasteiger partial charge in [-0.05, 0) is 0 Å². The summed E-state index contributed by atoms with van der Waals surface area (Å²) in [5.41, 5.74) is 0. The number of alkyl halides is 18. The maximum atomic E-state index is 13.7. The van der Waals surface area contributed by atoms with Crippen molar-refractivity contribution < 1.29 is 93.4 Å². The third-order valence-corrected chi connectivity index (χ3v) is 3.13. The summed E-state index contributed by atoms with van der Waals surface area (Å²) in [6.07, 6.45) is -23.3. The molecule has 21 heteroatoms. The lowest BCUT2D eigenvalue weighted by Gasteiger charge is -2.35. The number of carbonyl (C=O) groups is 2. The van der Waals surface area contributed by atoms with Crippen LogP contribution in [0.3, 0.4) is 0 Å². The largest absolute Gasteiger partial charge is 0.462 e. The van der Waals surface area contributed by atoms with Gasteiger partial charge in [0, 0.05) is 0 Å². The summed E-state index contributed by atoms with van der Waals surface area (Å²) in [7, 11) is 0. The normalized spacial score (nSPS) is 17.2. The molecule has 0 fully saturated rings.